The molecule has 0 aromatic carbocycles. The first kappa shape index (κ1) is 15.0. The number of hydrogen-bond donors (Lipinski definition) is 2. The molecule has 1 aliphatic carbocycles. The van der Waals surface area contributed by atoms with Crippen LogP contribution in [0.3, 0.4) is 0 Å². The number of anilines is 2. The van der Waals surface area contributed by atoms with Crippen molar-refractivity contribution in [2.75, 3.05) is 16.9 Å². The van der Waals surface area contributed by atoms with E-state index >= 15 is 0 Å². The fraction of sp³-hybridized carbons (Fsp3) is 0.733. The minimum atomic E-state index is 0.295. The quantitative estimate of drug-likeness (QED) is 0.640. The Morgan fingerprint density at radius 3 is 2.45 bits per heavy atom. The second-order valence-corrected chi connectivity index (χ2v) is 5.90. The highest BCUT2D eigenvalue weighted by atomic mass is 15.3. The van der Waals surface area contributed by atoms with Gasteiger partial charge in [-0.1, -0.05) is 26.7 Å². The van der Waals surface area contributed by atoms with Gasteiger partial charge in [0.2, 0.25) is 0 Å². The molecular weight excluding hydrogens is 250 g/mol. The Balaban J connectivity index is 2.43. The number of nitrogens with zero attached hydrogens (tertiary/aromatic N) is 3. The molecule has 112 valence electrons. The largest absolute Gasteiger partial charge is 0.354 e. The average molecular weight is 277 g/mol. The van der Waals surface area contributed by atoms with Crippen molar-refractivity contribution in [2.24, 2.45) is 5.84 Å². The Bertz CT molecular complexity index is 452. The zero-order chi connectivity index (χ0) is 14.7. The molecule has 1 aliphatic rings. The van der Waals surface area contributed by atoms with Crippen molar-refractivity contribution < 1.29 is 0 Å². The summed E-state index contributed by atoms with van der Waals surface area (Å²) in [7, 11) is 0. The van der Waals surface area contributed by atoms with Crippen LogP contribution < -0.4 is 16.2 Å². The van der Waals surface area contributed by atoms with Crippen molar-refractivity contribution in [3.05, 3.63) is 11.4 Å². The first-order chi connectivity index (χ1) is 9.58. The molecule has 2 rings (SSSR count). The van der Waals surface area contributed by atoms with Gasteiger partial charge in [-0.3, -0.25) is 0 Å². The van der Waals surface area contributed by atoms with Crippen LogP contribution in [-0.2, 0) is 0 Å². The summed E-state index contributed by atoms with van der Waals surface area (Å²) >= 11 is 0. The molecule has 0 amide bonds. The number of nitrogen functional groups attached to an aromatic ring is 1. The van der Waals surface area contributed by atoms with E-state index in [1.54, 1.807) is 0 Å². The Morgan fingerprint density at radius 2 is 1.95 bits per heavy atom. The van der Waals surface area contributed by atoms with Gasteiger partial charge < -0.3 is 10.3 Å². The summed E-state index contributed by atoms with van der Waals surface area (Å²) < 4.78 is 0. The lowest BCUT2D eigenvalue weighted by Crippen LogP contribution is -2.35. The summed E-state index contributed by atoms with van der Waals surface area (Å²) in [6, 6.07) is 0.610. The van der Waals surface area contributed by atoms with E-state index in [-0.39, 0.29) is 0 Å². The van der Waals surface area contributed by atoms with Crippen molar-refractivity contribution in [2.45, 2.75) is 65.3 Å². The maximum absolute atomic E-state index is 5.62. The number of nitrogens with two attached hydrogens (primary N) is 1. The van der Waals surface area contributed by atoms with E-state index in [1.807, 2.05) is 6.92 Å². The van der Waals surface area contributed by atoms with E-state index in [4.69, 9.17) is 10.8 Å². The molecule has 0 spiro atoms. The van der Waals surface area contributed by atoms with E-state index in [1.165, 1.54) is 25.7 Å². The molecular formula is C15H27N5. The lowest BCUT2D eigenvalue weighted by molar-refractivity contribution is 0.606. The summed E-state index contributed by atoms with van der Waals surface area (Å²) in [5, 5.41) is 0. The van der Waals surface area contributed by atoms with Crippen LogP contribution in [0, 0.1) is 6.92 Å². The van der Waals surface area contributed by atoms with Crippen LogP contribution in [0.2, 0.25) is 0 Å². The van der Waals surface area contributed by atoms with E-state index < -0.39 is 0 Å². The molecule has 1 fully saturated rings. The lowest BCUT2D eigenvalue weighted by Gasteiger charge is -2.31. The molecule has 1 aromatic heterocycles. The first-order valence-corrected chi connectivity index (χ1v) is 7.70. The summed E-state index contributed by atoms with van der Waals surface area (Å²) in [6.07, 6.45) is 5.17. The molecule has 20 heavy (non-hydrogen) atoms. The Kier molecular flexibility index (Phi) is 4.81. The van der Waals surface area contributed by atoms with Crippen LogP contribution in [-0.4, -0.2) is 22.6 Å². The van der Waals surface area contributed by atoms with Crippen molar-refractivity contribution >= 4 is 11.6 Å². The minimum Gasteiger partial charge on any atom is -0.354 e. The second kappa shape index (κ2) is 6.39. The van der Waals surface area contributed by atoms with Gasteiger partial charge in [-0.05, 0) is 26.7 Å². The van der Waals surface area contributed by atoms with Gasteiger partial charge in [0.25, 0.3) is 0 Å². The van der Waals surface area contributed by atoms with Crippen molar-refractivity contribution in [1.29, 1.82) is 0 Å². The smallest absolute Gasteiger partial charge is 0.148 e. The van der Waals surface area contributed by atoms with Gasteiger partial charge in [0, 0.05) is 24.1 Å². The molecule has 3 N–H and O–H groups in total. The van der Waals surface area contributed by atoms with Gasteiger partial charge in [-0.25, -0.2) is 15.8 Å². The van der Waals surface area contributed by atoms with Gasteiger partial charge in [-0.2, -0.15) is 0 Å². The van der Waals surface area contributed by atoms with Gasteiger partial charge in [0.05, 0.1) is 0 Å². The zero-order valence-corrected chi connectivity index (χ0v) is 13.1. The van der Waals surface area contributed by atoms with Crippen LogP contribution in [0.1, 0.15) is 63.8 Å². The van der Waals surface area contributed by atoms with Crippen molar-refractivity contribution in [3.8, 4) is 0 Å². The molecule has 0 atom stereocenters. The second-order valence-electron chi connectivity index (χ2n) is 5.90. The van der Waals surface area contributed by atoms with Gasteiger partial charge in [0.1, 0.15) is 17.5 Å². The number of hydrazine groups is 1. The van der Waals surface area contributed by atoms with E-state index in [9.17, 15) is 0 Å². The Labute approximate surface area is 121 Å². The average Bonchev–Trinajstić information content (AvgIpc) is 2.95. The summed E-state index contributed by atoms with van der Waals surface area (Å²) in [5.74, 6) is 8.57. The van der Waals surface area contributed by atoms with Gasteiger partial charge >= 0.3 is 0 Å². The predicted octanol–water partition coefficient (Wildman–Crippen LogP) is 2.96. The van der Waals surface area contributed by atoms with Crippen LogP contribution >= 0.6 is 0 Å². The van der Waals surface area contributed by atoms with E-state index in [2.05, 4.69) is 36.1 Å². The topological polar surface area (TPSA) is 67.1 Å². The van der Waals surface area contributed by atoms with Crippen LogP contribution in [0.5, 0.6) is 0 Å². The predicted molar refractivity (Wildman–Crippen MR) is 83.9 cm³/mol. The Hall–Kier alpha value is -1.36. The van der Waals surface area contributed by atoms with Crippen molar-refractivity contribution in [3.63, 3.8) is 0 Å². The zero-order valence-electron chi connectivity index (χ0n) is 13.1. The third-order valence-electron chi connectivity index (χ3n) is 4.17. The van der Waals surface area contributed by atoms with Crippen molar-refractivity contribution in [1.82, 2.24) is 9.97 Å². The summed E-state index contributed by atoms with van der Waals surface area (Å²) in [6.45, 7) is 9.45. The van der Waals surface area contributed by atoms with Gasteiger partial charge in [-0.15, -0.1) is 0 Å². The van der Waals surface area contributed by atoms with E-state index in [0.717, 1.165) is 29.6 Å². The molecule has 0 aliphatic heterocycles. The highest BCUT2D eigenvalue weighted by Gasteiger charge is 2.25. The number of hydrogen-bond acceptors (Lipinski definition) is 5. The Morgan fingerprint density at radius 1 is 1.30 bits per heavy atom. The normalized spacial score (nSPS) is 15.9. The molecule has 0 bridgehead atoms. The minimum absolute atomic E-state index is 0.295. The number of aromatic nitrogens is 2. The fourth-order valence-electron chi connectivity index (χ4n) is 3.00. The molecule has 1 heterocycles. The molecule has 1 aromatic rings. The standard InChI is InChI=1S/C15H27N5/c1-5-20(12-8-6-7-9-12)15-11(4)14(19-16)17-13(18-15)10(2)3/h10,12H,5-9,16H2,1-4H3,(H,17,18,19). The highest BCUT2D eigenvalue weighted by Crippen LogP contribution is 2.31. The maximum Gasteiger partial charge on any atom is 0.148 e. The lowest BCUT2D eigenvalue weighted by atomic mass is 10.1. The molecule has 1 saturated carbocycles. The SMILES string of the molecule is CCN(c1nc(C(C)C)nc(NN)c1C)C1CCCC1. The highest BCUT2D eigenvalue weighted by molar-refractivity contribution is 5.59. The van der Waals surface area contributed by atoms with Crippen LogP contribution in [0.15, 0.2) is 0 Å². The third-order valence-corrected chi connectivity index (χ3v) is 4.17. The molecule has 0 unspecified atom stereocenters. The molecule has 0 radical (unpaired) electrons. The fourth-order valence-corrected chi connectivity index (χ4v) is 3.00. The molecule has 0 saturated heterocycles. The summed E-state index contributed by atoms with van der Waals surface area (Å²) in [5.41, 5.74) is 3.77. The number of rotatable bonds is 5. The van der Waals surface area contributed by atoms with Crippen LogP contribution in [0.25, 0.3) is 0 Å². The third kappa shape index (κ3) is 2.87. The van der Waals surface area contributed by atoms with Crippen LogP contribution in [0.4, 0.5) is 11.6 Å². The molecule has 5 nitrogen and oxygen atoms in total. The monoisotopic (exact) mass is 277 g/mol. The number of nitrogens with one attached hydrogen (secondary N) is 1. The maximum atomic E-state index is 5.62. The van der Waals surface area contributed by atoms with E-state index in [0.29, 0.717) is 12.0 Å². The van der Waals surface area contributed by atoms with Gasteiger partial charge in [0.15, 0.2) is 0 Å². The molecule has 5 heteroatoms. The summed E-state index contributed by atoms with van der Waals surface area (Å²) in [4.78, 5) is 11.8. The first-order valence-electron chi connectivity index (χ1n) is 7.70.